The zero-order valence-corrected chi connectivity index (χ0v) is 20.9. The van der Waals surface area contributed by atoms with Crippen molar-refractivity contribution in [1.29, 1.82) is 0 Å². The molecule has 2 rings (SSSR count). The predicted molar refractivity (Wildman–Crippen MR) is 133 cm³/mol. The molecule has 1 aromatic heterocycles. The van der Waals surface area contributed by atoms with Crippen molar-refractivity contribution >= 4 is 50.9 Å². The molecule has 0 aliphatic heterocycles. The quantitative estimate of drug-likeness (QED) is 0.189. The van der Waals surface area contributed by atoms with Crippen LogP contribution in [0.15, 0.2) is 29.4 Å². The first kappa shape index (κ1) is 25.7. The van der Waals surface area contributed by atoms with Crippen LogP contribution in [0.4, 0.5) is 0 Å². The van der Waals surface area contributed by atoms with Gasteiger partial charge in [0.2, 0.25) is 10.0 Å². The zero-order chi connectivity index (χ0) is 20.6. The van der Waals surface area contributed by atoms with Crippen LogP contribution >= 0.6 is 24.0 Å². The average Bonchev–Trinajstić information content (AvgIpc) is 3.06. The van der Waals surface area contributed by atoms with Gasteiger partial charge >= 0.3 is 0 Å². The monoisotopic (exact) mass is 535 g/mol. The second-order valence-electron chi connectivity index (χ2n) is 6.88. The third-order valence-corrected chi connectivity index (χ3v) is 6.56. The van der Waals surface area contributed by atoms with E-state index in [9.17, 15) is 8.42 Å². The van der Waals surface area contributed by atoms with Crippen molar-refractivity contribution in [2.45, 2.75) is 33.6 Å². The SMILES string of the molecule is CCNC(=NCCCN(C)S(=O)(=O)CC)NCCc1c[nH]c2cc(C)ccc12.I. The van der Waals surface area contributed by atoms with Gasteiger partial charge in [0.05, 0.1) is 5.75 Å². The predicted octanol–water partition coefficient (Wildman–Crippen LogP) is 2.86. The van der Waals surface area contributed by atoms with E-state index in [1.54, 1.807) is 14.0 Å². The lowest BCUT2D eigenvalue weighted by Crippen LogP contribution is -2.38. The molecule has 1 aromatic carbocycles. The van der Waals surface area contributed by atoms with Crippen molar-refractivity contribution < 1.29 is 8.42 Å². The van der Waals surface area contributed by atoms with Crippen molar-refractivity contribution in [2.24, 2.45) is 4.99 Å². The molecule has 0 aliphatic carbocycles. The van der Waals surface area contributed by atoms with Gasteiger partial charge in [0.1, 0.15) is 0 Å². The topological polar surface area (TPSA) is 89.6 Å². The third kappa shape index (κ3) is 7.78. The first-order valence-electron chi connectivity index (χ1n) is 9.90. The van der Waals surface area contributed by atoms with Gasteiger partial charge in [0.15, 0.2) is 5.96 Å². The molecule has 164 valence electrons. The molecule has 9 heteroatoms. The summed E-state index contributed by atoms with van der Waals surface area (Å²) in [5.41, 5.74) is 3.70. The number of nitrogens with one attached hydrogen (secondary N) is 3. The fourth-order valence-electron chi connectivity index (χ4n) is 3.01. The average molecular weight is 535 g/mol. The fraction of sp³-hybridized carbons (Fsp3) is 0.550. The maximum Gasteiger partial charge on any atom is 0.213 e. The van der Waals surface area contributed by atoms with Crippen LogP contribution in [0.1, 0.15) is 31.4 Å². The van der Waals surface area contributed by atoms with Gasteiger partial charge in [-0.3, -0.25) is 4.99 Å². The van der Waals surface area contributed by atoms with Crippen LogP contribution in [-0.4, -0.2) is 62.6 Å². The van der Waals surface area contributed by atoms with Gasteiger partial charge < -0.3 is 15.6 Å². The Bertz CT molecular complexity index is 895. The summed E-state index contributed by atoms with van der Waals surface area (Å²) in [4.78, 5) is 7.89. The molecule has 0 atom stereocenters. The molecule has 0 spiro atoms. The number of fused-ring (bicyclic) bond motifs is 1. The van der Waals surface area contributed by atoms with E-state index in [0.717, 1.165) is 25.5 Å². The second-order valence-corrected chi connectivity index (χ2v) is 9.24. The summed E-state index contributed by atoms with van der Waals surface area (Å²) < 4.78 is 24.9. The lowest BCUT2D eigenvalue weighted by molar-refractivity contribution is 0.465. The summed E-state index contributed by atoms with van der Waals surface area (Å²) in [6.45, 7) is 8.39. The van der Waals surface area contributed by atoms with Gasteiger partial charge in [-0.25, -0.2) is 12.7 Å². The van der Waals surface area contributed by atoms with Crippen molar-refractivity contribution in [3.05, 3.63) is 35.5 Å². The number of H-pyrrole nitrogens is 1. The van der Waals surface area contributed by atoms with Gasteiger partial charge in [-0.2, -0.15) is 0 Å². The van der Waals surface area contributed by atoms with Crippen LogP contribution < -0.4 is 10.6 Å². The van der Waals surface area contributed by atoms with Gasteiger partial charge in [-0.05, 0) is 50.8 Å². The maximum atomic E-state index is 11.8. The summed E-state index contributed by atoms with van der Waals surface area (Å²) in [6, 6.07) is 6.46. The molecule has 7 nitrogen and oxygen atoms in total. The Morgan fingerprint density at radius 2 is 2.00 bits per heavy atom. The zero-order valence-electron chi connectivity index (χ0n) is 17.8. The summed E-state index contributed by atoms with van der Waals surface area (Å²) in [6.07, 6.45) is 3.65. The Hall–Kier alpha value is -1.33. The molecule has 0 unspecified atom stereocenters. The van der Waals surface area contributed by atoms with E-state index >= 15 is 0 Å². The van der Waals surface area contributed by atoms with Crippen molar-refractivity contribution in [3.63, 3.8) is 0 Å². The maximum absolute atomic E-state index is 11.8. The number of guanidine groups is 1. The summed E-state index contributed by atoms with van der Waals surface area (Å²) in [7, 11) is -1.50. The number of benzene rings is 1. The van der Waals surface area contributed by atoms with Gasteiger partial charge in [0.25, 0.3) is 0 Å². The largest absolute Gasteiger partial charge is 0.361 e. The van der Waals surface area contributed by atoms with E-state index in [4.69, 9.17) is 0 Å². The van der Waals surface area contributed by atoms with E-state index in [-0.39, 0.29) is 29.7 Å². The van der Waals surface area contributed by atoms with Crippen LogP contribution in [-0.2, 0) is 16.4 Å². The summed E-state index contributed by atoms with van der Waals surface area (Å²) in [5.74, 6) is 0.892. The first-order chi connectivity index (χ1) is 13.4. The number of sulfonamides is 1. The van der Waals surface area contributed by atoms with Crippen LogP contribution in [0.2, 0.25) is 0 Å². The highest BCUT2D eigenvalue weighted by molar-refractivity contribution is 14.0. The normalized spacial score (nSPS) is 12.2. The highest BCUT2D eigenvalue weighted by atomic mass is 127. The minimum atomic E-state index is -3.12. The number of aryl methyl sites for hydroxylation is 1. The number of aliphatic imine (C=N–C) groups is 1. The van der Waals surface area contributed by atoms with E-state index in [1.165, 1.54) is 26.3 Å². The summed E-state index contributed by atoms with van der Waals surface area (Å²) in [5, 5.41) is 7.85. The molecule has 1 heterocycles. The molecule has 0 saturated carbocycles. The van der Waals surface area contributed by atoms with E-state index in [2.05, 4.69) is 51.9 Å². The molecule has 29 heavy (non-hydrogen) atoms. The molecule has 0 fully saturated rings. The summed E-state index contributed by atoms with van der Waals surface area (Å²) >= 11 is 0. The molecule has 0 saturated heterocycles. The first-order valence-corrected chi connectivity index (χ1v) is 11.5. The Morgan fingerprint density at radius 1 is 1.24 bits per heavy atom. The molecule has 2 aromatic rings. The molecule has 0 bridgehead atoms. The Kier molecular flexibility index (Phi) is 11.0. The molecule has 0 amide bonds. The van der Waals surface area contributed by atoms with E-state index in [0.29, 0.717) is 19.5 Å². The Morgan fingerprint density at radius 3 is 2.69 bits per heavy atom. The van der Waals surface area contributed by atoms with Crippen LogP contribution in [0.5, 0.6) is 0 Å². The number of halogens is 1. The van der Waals surface area contributed by atoms with E-state index < -0.39 is 10.0 Å². The van der Waals surface area contributed by atoms with Crippen LogP contribution in [0.3, 0.4) is 0 Å². The van der Waals surface area contributed by atoms with Crippen molar-refractivity contribution in [2.75, 3.05) is 39.0 Å². The Balaban J connectivity index is 0.00000420. The second kappa shape index (κ2) is 12.4. The molecular formula is C20H34IN5O2S. The van der Waals surface area contributed by atoms with Gasteiger partial charge in [0, 0.05) is 50.3 Å². The number of aromatic nitrogens is 1. The smallest absolute Gasteiger partial charge is 0.213 e. The number of hydrogen-bond acceptors (Lipinski definition) is 3. The number of rotatable bonds is 10. The minimum absolute atomic E-state index is 0. The minimum Gasteiger partial charge on any atom is -0.361 e. The molecule has 0 aliphatic rings. The number of hydrogen-bond donors (Lipinski definition) is 3. The molecular weight excluding hydrogens is 501 g/mol. The van der Waals surface area contributed by atoms with Crippen molar-refractivity contribution in [1.82, 2.24) is 19.9 Å². The fourth-order valence-corrected chi connectivity index (χ4v) is 3.86. The van der Waals surface area contributed by atoms with Crippen LogP contribution in [0.25, 0.3) is 10.9 Å². The third-order valence-electron chi connectivity index (χ3n) is 4.69. The highest BCUT2D eigenvalue weighted by Crippen LogP contribution is 2.19. The lowest BCUT2D eigenvalue weighted by Gasteiger charge is -2.15. The standard InChI is InChI=1S/C20H33N5O2S.HI/c1-5-21-20(22-11-7-13-25(4)28(26,27)6-2)23-12-10-17-15-24-19-14-16(3)8-9-18(17)19;/h8-9,14-15,24H,5-7,10-13H2,1-4H3,(H2,21,22,23);1H. The van der Waals surface area contributed by atoms with Gasteiger partial charge in [-0.1, -0.05) is 12.1 Å². The Labute approximate surface area is 191 Å². The van der Waals surface area contributed by atoms with E-state index in [1.807, 2.05) is 6.92 Å². The van der Waals surface area contributed by atoms with Crippen molar-refractivity contribution in [3.8, 4) is 0 Å². The molecule has 0 radical (unpaired) electrons. The van der Waals surface area contributed by atoms with Gasteiger partial charge in [-0.15, -0.1) is 24.0 Å². The lowest BCUT2D eigenvalue weighted by atomic mass is 10.1. The number of aromatic amines is 1. The number of nitrogens with zero attached hydrogens (tertiary/aromatic N) is 2. The molecule has 3 N–H and O–H groups in total. The highest BCUT2D eigenvalue weighted by Gasteiger charge is 2.13. The van der Waals surface area contributed by atoms with Crippen LogP contribution in [0, 0.1) is 6.92 Å².